The topological polar surface area (TPSA) is 177 Å². The Kier molecular flexibility index (Phi) is 15.5. The summed E-state index contributed by atoms with van der Waals surface area (Å²) in [4.78, 5) is 69.4. The molecule has 2 aromatic carbocycles. The summed E-state index contributed by atoms with van der Waals surface area (Å²) in [6, 6.07) is 9.39. The summed E-state index contributed by atoms with van der Waals surface area (Å²) < 4.78 is 11.1. The van der Waals surface area contributed by atoms with E-state index in [1.54, 1.807) is 73.6 Å². The molecule has 4 unspecified atom stereocenters. The maximum atomic E-state index is 14.8. The summed E-state index contributed by atoms with van der Waals surface area (Å²) in [5.74, 6) is -2.78. The zero-order valence-electron chi connectivity index (χ0n) is 31.9. The number of primary amides is 1. The Labute approximate surface area is 302 Å². The fourth-order valence-corrected chi connectivity index (χ4v) is 5.47. The molecule has 0 aliphatic rings. The zero-order chi connectivity index (χ0) is 38.7. The monoisotopic (exact) mass is 710 g/mol. The standard InChI is InChI=1S/C39H58N4O8/c1-24(2)19-20-26(4)43(35(47)29(21-22-31(40)44)42-37(49)51-39(8,9)10)32(28-18-14-15-25(3)33(28)45)34(46)41-30(36(48)50-38(5,6)7)23-27-16-12-11-13-17-27/h11-18,24,26,29-30,32,45H,19-23H2,1-10H3,(H2,40,44)(H,41,46)(H,42,49). The average molecular weight is 711 g/mol. The second kappa shape index (κ2) is 18.6. The number of ether oxygens (including phenoxy) is 2. The van der Waals surface area contributed by atoms with Gasteiger partial charge >= 0.3 is 12.1 Å². The first-order chi connectivity index (χ1) is 23.6. The van der Waals surface area contributed by atoms with Crippen LogP contribution in [0.3, 0.4) is 0 Å². The van der Waals surface area contributed by atoms with E-state index in [0.717, 1.165) is 5.56 Å². The lowest BCUT2D eigenvalue weighted by atomic mass is 9.94. The van der Waals surface area contributed by atoms with E-state index in [0.29, 0.717) is 18.4 Å². The van der Waals surface area contributed by atoms with Gasteiger partial charge in [0, 0.05) is 24.4 Å². The van der Waals surface area contributed by atoms with Crippen LogP contribution >= 0.6 is 0 Å². The predicted molar refractivity (Wildman–Crippen MR) is 195 cm³/mol. The average Bonchev–Trinajstić information content (AvgIpc) is 3.00. The molecule has 0 heterocycles. The highest BCUT2D eigenvalue weighted by atomic mass is 16.6. The summed E-state index contributed by atoms with van der Waals surface area (Å²) in [6.07, 6.45) is -0.0965. The number of alkyl carbamates (subject to hydrolysis) is 1. The van der Waals surface area contributed by atoms with Crippen LogP contribution in [0.25, 0.3) is 0 Å². The van der Waals surface area contributed by atoms with Crippen LogP contribution in [0, 0.1) is 12.8 Å². The zero-order valence-corrected chi connectivity index (χ0v) is 31.9. The molecular formula is C39H58N4O8. The minimum absolute atomic E-state index is 0.0896. The van der Waals surface area contributed by atoms with Crippen molar-refractivity contribution in [2.24, 2.45) is 11.7 Å². The van der Waals surface area contributed by atoms with Gasteiger partial charge in [0.1, 0.15) is 35.1 Å². The van der Waals surface area contributed by atoms with Crippen molar-refractivity contribution in [3.8, 4) is 5.75 Å². The van der Waals surface area contributed by atoms with Crippen molar-refractivity contribution in [2.75, 3.05) is 0 Å². The summed E-state index contributed by atoms with van der Waals surface area (Å²) in [5, 5.41) is 16.8. The normalized spacial score (nSPS) is 14.1. The summed E-state index contributed by atoms with van der Waals surface area (Å²) in [7, 11) is 0. The van der Waals surface area contributed by atoms with E-state index in [-0.39, 0.29) is 36.5 Å². The quantitative estimate of drug-likeness (QED) is 0.162. The Balaban J connectivity index is 2.78. The Morgan fingerprint density at radius 2 is 1.41 bits per heavy atom. The predicted octanol–water partition coefficient (Wildman–Crippen LogP) is 5.62. The van der Waals surface area contributed by atoms with Crippen LogP contribution in [0.1, 0.15) is 111 Å². The molecule has 2 aromatic rings. The number of amides is 4. The molecule has 5 N–H and O–H groups in total. The molecular weight excluding hydrogens is 652 g/mol. The Bertz CT molecular complexity index is 1500. The Morgan fingerprint density at radius 3 is 1.96 bits per heavy atom. The number of nitrogens with zero attached hydrogens (tertiary/aromatic N) is 1. The van der Waals surface area contributed by atoms with Gasteiger partial charge in [0.05, 0.1) is 0 Å². The number of carbonyl (C=O) groups excluding carboxylic acids is 5. The first-order valence-electron chi connectivity index (χ1n) is 17.5. The van der Waals surface area contributed by atoms with Gasteiger partial charge in [-0.05, 0) is 91.7 Å². The van der Waals surface area contributed by atoms with E-state index in [1.165, 1.54) is 4.90 Å². The second-order valence-electron chi connectivity index (χ2n) is 15.5. The number of benzene rings is 2. The van der Waals surface area contributed by atoms with Gasteiger partial charge in [0.15, 0.2) is 0 Å². The number of nitrogens with two attached hydrogens (primary N) is 1. The number of esters is 1. The third kappa shape index (κ3) is 14.3. The van der Waals surface area contributed by atoms with E-state index < -0.39 is 65.2 Å². The van der Waals surface area contributed by atoms with Crippen LogP contribution in [0.5, 0.6) is 5.75 Å². The number of para-hydroxylation sites is 1. The van der Waals surface area contributed by atoms with Gasteiger partial charge < -0.3 is 35.8 Å². The van der Waals surface area contributed by atoms with Gasteiger partial charge in [-0.25, -0.2) is 9.59 Å². The number of nitrogens with one attached hydrogen (secondary N) is 2. The van der Waals surface area contributed by atoms with Gasteiger partial charge in [-0.15, -0.1) is 0 Å². The van der Waals surface area contributed by atoms with Gasteiger partial charge in [0.25, 0.3) is 0 Å². The molecule has 0 aliphatic heterocycles. The number of carbonyl (C=O) groups is 5. The number of aryl methyl sites for hydroxylation is 1. The molecule has 4 amide bonds. The molecule has 0 bridgehead atoms. The van der Waals surface area contributed by atoms with Gasteiger partial charge in [-0.1, -0.05) is 62.4 Å². The molecule has 51 heavy (non-hydrogen) atoms. The fraction of sp³-hybridized carbons (Fsp3) is 0.564. The molecule has 0 radical (unpaired) electrons. The highest BCUT2D eigenvalue weighted by molar-refractivity contribution is 5.95. The molecule has 0 aliphatic carbocycles. The van der Waals surface area contributed by atoms with Crippen LogP contribution in [0.15, 0.2) is 48.5 Å². The minimum Gasteiger partial charge on any atom is -0.507 e. The lowest BCUT2D eigenvalue weighted by Crippen LogP contribution is -2.57. The molecule has 12 heteroatoms. The van der Waals surface area contributed by atoms with Gasteiger partial charge in [0.2, 0.25) is 17.7 Å². The third-order valence-electron chi connectivity index (χ3n) is 7.94. The second-order valence-corrected chi connectivity index (χ2v) is 15.5. The van der Waals surface area contributed by atoms with Crippen LogP contribution in [-0.4, -0.2) is 69.1 Å². The number of hydrogen-bond acceptors (Lipinski definition) is 8. The molecule has 0 spiro atoms. The number of hydrogen-bond donors (Lipinski definition) is 4. The lowest BCUT2D eigenvalue weighted by molar-refractivity contribution is -0.159. The molecule has 0 fully saturated rings. The molecule has 282 valence electrons. The number of phenols is 1. The molecule has 0 aromatic heterocycles. The Morgan fingerprint density at radius 1 is 0.804 bits per heavy atom. The van der Waals surface area contributed by atoms with Crippen LogP contribution < -0.4 is 16.4 Å². The van der Waals surface area contributed by atoms with E-state index in [2.05, 4.69) is 10.6 Å². The SMILES string of the molecule is Cc1cccc(C(C(=O)NC(Cc2ccccc2)C(=O)OC(C)(C)C)N(C(=O)C(CCC(N)=O)NC(=O)OC(C)(C)C)C(C)CCC(C)C)c1O. The highest BCUT2D eigenvalue weighted by Crippen LogP contribution is 2.35. The van der Waals surface area contributed by atoms with Crippen LogP contribution in [0.2, 0.25) is 0 Å². The summed E-state index contributed by atoms with van der Waals surface area (Å²) in [5.41, 5.74) is 5.05. The largest absolute Gasteiger partial charge is 0.507 e. The van der Waals surface area contributed by atoms with E-state index in [1.807, 2.05) is 44.2 Å². The maximum absolute atomic E-state index is 14.8. The Hall–Kier alpha value is -4.61. The summed E-state index contributed by atoms with van der Waals surface area (Å²) in [6.45, 7) is 17.7. The maximum Gasteiger partial charge on any atom is 0.408 e. The first-order valence-corrected chi connectivity index (χ1v) is 17.5. The van der Waals surface area contributed by atoms with E-state index in [9.17, 15) is 29.1 Å². The van der Waals surface area contributed by atoms with E-state index >= 15 is 0 Å². The van der Waals surface area contributed by atoms with Crippen LogP contribution in [-0.2, 0) is 35.1 Å². The van der Waals surface area contributed by atoms with Crippen LogP contribution in [0.4, 0.5) is 4.79 Å². The number of rotatable bonds is 16. The summed E-state index contributed by atoms with van der Waals surface area (Å²) >= 11 is 0. The molecule has 0 saturated carbocycles. The third-order valence-corrected chi connectivity index (χ3v) is 7.94. The minimum atomic E-state index is -1.48. The van der Waals surface area contributed by atoms with Crippen molar-refractivity contribution in [2.45, 2.75) is 137 Å². The first kappa shape index (κ1) is 42.6. The van der Waals surface area contributed by atoms with Crippen molar-refractivity contribution in [1.82, 2.24) is 15.5 Å². The van der Waals surface area contributed by atoms with Gasteiger partial charge in [-0.3, -0.25) is 14.4 Å². The number of aromatic hydroxyl groups is 1. The van der Waals surface area contributed by atoms with E-state index in [4.69, 9.17) is 15.2 Å². The van der Waals surface area contributed by atoms with Crippen molar-refractivity contribution < 1.29 is 38.6 Å². The molecule has 0 saturated heterocycles. The molecule has 2 rings (SSSR count). The van der Waals surface area contributed by atoms with Crippen molar-refractivity contribution in [3.05, 3.63) is 65.2 Å². The van der Waals surface area contributed by atoms with Crippen molar-refractivity contribution >= 4 is 29.8 Å². The highest BCUT2D eigenvalue weighted by Gasteiger charge is 2.41. The van der Waals surface area contributed by atoms with Gasteiger partial charge in [-0.2, -0.15) is 0 Å². The lowest BCUT2D eigenvalue weighted by Gasteiger charge is -2.39. The smallest absolute Gasteiger partial charge is 0.408 e. The fourth-order valence-electron chi connectivity index (χ4n) is 5.47. The van der Waals surface area contributed by atoms with Crippen molar-refractivity contribution in [3.63, 3.8) is 0 Å². The number of phenolic OH excluding ortho intramolecular Hbond substituents is 1. The molecule has 12 nitrogen and oxygen atoms in total. The molecule has 4 atom stereocenters. The van der Waals surface area contributed by atoms with Crippen molar-refractivity contribution in [1.29, 1.82) is 0 Å².